The number of rotatable bonds is 5. The maximum atomic E-state index is 10.2. The Morgan fingerprint density at radius 1 is 1.46 bits per heavy atom. The second-order valence-corrected chi connectivity index (χ2v) is 2.50. The number of nitrogens with zero attached hydrogens (tertiary/aromatic N) is 2. The van der Waals surface area contributed by atoms with E-state index in [0.717, 1.165) is 0 Å². The standard InChI is InChI=1S/C8H11N3O2/c12-7(13)3-1-4-9-8-10-5-2-6-11-8/h2,5-6H,1,3-4H2,(H,12,13)(H,9,10,11). The summed E-state index contributed by atoms with van der Waals surface area (Å²) in [7, 11) is 0. The first-order valence-corrected chi connectivity index (χ1v) is 4.02. The van der Waals surface area contributed by atoms with E-state index in [-0.39, 0.29) is 6.42 Å². The Kier molecular flexibility index (Phi) is 3.69. The van der Waals surface area contributed by atoms with Crippen LogP contribution in [0.5, 0.6) is 0 Å². The van der Waals surface area contributed by atoms with Crippen LogP contribution in [0.4, 0.5) is 5.95 Å². The average molecular weight is 181 g/mol. The lowest BCUT2D eigenvalue weighted by Crippen LogP contribution is -2.06. The van der Waals surface area contributed by atoms with Crippen LogP contribution in [0.2, 0.25) is 0 Å². The highest BCUT2D eigenvalue weighted by Gasteiger charge is 1.96. The summed E-state index contributed by atoms with van der Waals surface area (Å²) in [5.74, 6) is -0.247. The fourth-order valence-electron chi connectivity index (χ4n) is 0.830. The molecule has 0 atom stereocenters. The van der Waals surface area contributed by atoms with Gasteiger partial charge in [0.05, 0.1) is 0 Å². The minimum Gasteiger partial charge on any atom is -0.481 e. The lowest BCUT2D eigenvalue weighted by Gasteiger charge is -2.01. The number of carboxylic acid groups (broad SMARTS) is 1. The Balaban J connectivity index is 2.17. The highest BCUT2D eigenvalue weighted by molar-refractivity contribution is 5.66. The van der Waals surface area contributed by atoms with Crippen LogP contribution in [-0.2, 0) is 4.79 Å². The van der Waals surface area contributed by atoms with Gasteiger partial charge in [-0.2, -0.15) is 0 Å². The molecular weight excluding hydrogens is 170 g/mol. The number of hydrogen-bond donors (Lipinski definition) is 2. The Morgan fingerprint density at radius 2 is 2.15 bits per heavy atom. The Morgan fingerprint density at radius 3 is 2.77 bits per heavy atom. The molecule has 70 valence electrons. The van der Waals surface area contributed by atoms with Gasteiger partial charge in [-0.3, -0.25) is 4.79 Å². The van der Waals surface area contributed by atoms with E-state index in [9.17, 15) is 4.79 Å². The molecule has 0 amide bonds. The monoisotopic (exact) mass is 181 g/mol. The van der Waals surface area contributed by atoms with Crippen LogP contribution in [0.3, 0.4) is 0 Å². The van der Waals surface area contributed by atoms with Crippen LogP contribution in [0, 0.1) is 0 Å². The summed E-state index contributed by atoms with van der Waals surface area (Å²) in [4.78, 5) is 18.0. The topological polar surface area (TPSA) is 75.1 Å². The molecule has 0 aliphatic heterocycles. The van der Waals surface area contributed by atoms with E-state index in [0.29, 0.717) is 18.9 Å². The van der Waals surface area contributed by atoms with E-state index in [2.05, 4.69) is 15.3 Å². The molecule has 0 radical (unpaired) electrons. The maximum Gasteiger partial charge on any atom is 0.303 e. The smallest absolute Gasteiger partial charge is 0.303 e. The maximum absolute atomic E-state index is 10.2. The molecule has 5 nitrogen and oxygen atoms in total. The molecule has 1 rings (SSSR count). The van der Waals surface area contributed by atoms with E-state index in [1.807, 2.05) is 0 Å². The van der Waals surface area contributed by atoms with E-state index in [1.54, 1.807) is 18.5 Å². The van der Waals surface area contributed by atoms with Crippen molar-refractivity contribution in [1.82, 2.24) is 9.97 Å². The molecule has 2 N–H and O–H groups in total. The van der Waals surface area contributed by atoms with Gasteiger partial charge >= 0.3 is 5.97 Å². The first-order valence-electron chi connectivity index (χ1n) is 4.02. The average Bonchev–Trinajstić information content (AvgIpc) is 2.14. The van der Waals surface area contributed by atoms with Gasteiger partial charge in [0.2, 0.25) is 5.95 Å². The molecule has 0 saturated heterocycles. The largest absolute Gasteiger partial charge is 0.481 e. The molecule has 0 aliphatic carbocycles. The lowest BCUT2D eigenvalue weighted by molar-refractivity contribution is -0.137. The van der Waals surface area contributed by atoms with Crippen LogP contribution in [0.1, 0.15) is 12.8 Å². The quantitative estimate of drug-likeness (QED) is 0.656. The number of anilines is 1. The lowest BCUT2D eigenvalue weighted by atomic mass is 10.3. The van der Waals surface area contributed by atoms with Crippen LogP contribution < -0.4 is 5.32 Å². The van der Waals surface area contributed by atoms with Crippen molar-refractivity contribution >= 4 is 11.9 Å². The molecule has 13 heavy (non-hydrogen) atoms. The summed E-state index contributed by atoms with van der Waals surface area (Å²) in [5.41, 5.74) is 0. The third-order valence-corrected chi connectivity index (χ3v) is 1.42. The second kappa shape index (κ2) is 5.08. The third kappa shape index (κ3) is 4.05. The van der Waals surface area contributed by atoms with Crippen molar-refractivity contribution in [1.29, 1.82) is 0 Å². The molecule has 0 bridgehead atoms. The number of nitrogens with one attached hydrogen (secondary N) is 1. The number of aromatic nitrogens is 2. The van der Waals surface area contributed by atoms with Gasteiger partial charge in [-0.25, -0.2) is 9.97 Å². The zero-order valence-corrected chi connectivity index (χ0v) is 7.10. The summed E-state index contributed by atoms with van der Waals surface area (Å²) in [5, 5.41) is 11.3. The van der Waals surface area contributed by atoms with Crippen molar-refractivity contribution in [2.45, 2.75) is 12.8 Å². The number of carboxylic acids is 1. The Bertz CT molecular complexity index is 263. The first-order chi connectivity index (χ1) is 6.29. The van der Waals surface area contributed by atoms with Crippen molar-refractivity contribution in [2.75, 3.05) is 11.9 Å². The predicted octanol–water partition coefficient (Wildman–Crippen LogP) is 0.753. The molecule has 0 saturated carbocycles. The van der Waals surface area contributed by atoms with Crippen molar-refractivity contribution in [3.05, 3.63) is 18.5 Å². The summed E-state index contributed by atoms with van der Waals surface area (Å²) in [6.07, 6.45) is 4.01. The predicted molar refractivity (Wildman–Crippen MR) is 47.4 cm³/mol. The molecule has 1 aromatic heterocycles. The van der Waals surface area contributed by atoms with Gasteiger partial charge in [0.1, 0.15) is 0 Å². The second-order valence-electron chi connectivity index (χ2n) is 2.50. The molecule has 5 heteroatoms. The van der Waals surface area contributed by atoms with Gasteiger partial charge in [0.15, 0.2) is 0 Å². The van der Waals surface area contributed by atoms with Gasteiger partial charge in [-0.15, -0.1) is 0 Å². The van der Waals surface area contributed by atoms with Crippen LogP contribution in [0.25, 0.3) is 0 Å². The van der Waals surface area contributed by atoms with Gasteiger partial charge in [0, 0.05) is 25.4 Å². The summed E-state index contributed by atoms with van der Waals surface area (Å²) in [6, 6.07) is 1.72. The molecule has 1 aromatic rings. The van der Waals surface area contributed by atoms with Crippen LogP contribution in [-0.4, -0.2) is 27.6 Å². The van der Waals surface area contributed by atoms with Gasteiger partial charge in [-0.05, 0) is 12.5 Å². The number of hydrogen-bond acceptors (Lipinski definition) is 4. The van der Waals surface area contributed by atoms with Crippen LogP contribution >= 0.6 is 0 Å². The van der Waals surface area contributed by atoms with Gasteiger partial charge < -0.3 is 10.4 Å². The fourth-order valence-corrected chi connectivity index (χ4v) is 0.830. The minimum absolute atomic E-state index is 0.167. The van der Waals surface area contributed by atoms with Crippen molar-refractivity contribution in [2.24, 2.45) is 0 Å². The molecule has 0 spiro atoms. The minimum atomic E-state index is -0.782. The highest BCUT2D eigenvalue weighted by atomic mass is 16.4. The number of carbonyl (C=O) groups is 1. The zero-order chi connectivity index (χ0) is 9.52. The Hall–Kier alpha value is -1.65. The van der Waals surface area contributed by atoms with Crippen molar-refractivity contribution in [3.63, 3.8) is 0 Å². The molecule has 1 heterocycles. The van der Waals surface area contributed by atoms with Crippen LogP contribution in [0.15, 0.2) is 18.5 Å². The van der Waals surface area contributed by atoms with E-state index in [4.69, 9.17) is 5.11 Å². The van der Waals surface area contributed by atoms with Gasteiger partial charge in [-0.1, -0.05) is 0 Å². The molecule has 0 fully saturated rings. The van der Waals surface area contributed by atoms with E-state index >= 15 is 0 Å². The van der Waals surface area contributed by atoms with E-state index < -0.39 is 5.97 Å². The normalized spacial score (nSPS) is 9.54. The van der Waals surface area contributed by atoms with Crippen molar-refractivity contribution in [3.8, 4) is 0 Å². The van der Waals surface area contributed by atoms with Crippen molar-refractivity contribution < 1.29 is 9.90 Å². The SMILES string of the molecule is O=C(O)CCCNc1ncccn1. The third-order valence-electron chi connectivity index (χ3n) is 1.42. The molecule has 0 unspecified atom stereocenters. The number of aliphatic carboxylic acids is 1. The Labute approximate surface area is 75.8 Å². The summed E-state index contributed by atoms with van der Waals surface area (Å²) in [6.45, 7) is 0.580. The molecular formula is C8H11N3O2. The summed E-state index contributed by atoms with van der Waals surface area (Å²) < 4.78 is 0. The fraction of sp³-hybridized carbons (Fsp3) is 0.375. The first kappa shape index (κ1) is 9.44. The highest BCUT2D eigenvalue weighted by Crippen LogP contribution is 1.95. The zero-order valence-electron chi connectivity index (χ0n) is 7.10. The summed E-state index contributed by atoms with van der Waals surface area (Å²) >= 11 is 0. The van der Waals surface area contributed by atoms with Gasteiger partial charge in [0.25, 0.3) is 0 Å². The van der Waals surface area contributed by atoms with E-state index in [1.165, 1.54) is 0 Å². The molecule has 0 aromatic carbocycles. The molecule has 0 aliphatic rings.